The van der Waals surface area contributed by atoms with Gasteiger partial charge in [-0.05, 0) is 38.3 Å². The van der Waals surface area contributed by atoms with Crippen LogP contribution in [0.1, 0.15) is 51.0 Å². The number of aryl methyl sites for hydroxylation is 1. The SMILES string of the molecule is C=C(C)CN1CCCCCCCC1=Nc1ccc([N+](=O)[O-])cc1C. The molecule has 1 saturated heterocycles. The van der Waals surface area contributed by atoms with E-state index < -0.39 is 0 Å². The summed E-state index contributed by atoms with van der Waals surface area (Å²) in [6.45, 7) is 9.79. The molecule has 1 fully saturated rings. The maximum atomic E-state index is 10.9. The summed E-state index contributed by atoms with van der Waals surface area (Å²) in [6, 6.07) is 4.88. The Kier molecular flexibility index (Phi) is 6.53. The lowest BCUT2D eigenvalue weighted by Gasteiger charge is -2.26. The largest absolute Gasteiger partial charge is 0.356 e. The van der Waals surface area contributed by atoms with Crippen molar-refractivity contribution in [1.82, 2.24) is 4.90 Å². The first-order valence-electron chi connectivity index (χ1n) is 8.69. The molecule has 5 nitrogen and oxygen atoms in total. The van der Waals surface area contributed by atoms with Gasteiger partial charge in [0.25, 0.3) is 5.69 Å². The summed E-state index contributed by atoms with van der Waals surface area (Å²) >= 11 is 0. The van der Waals surface area contributed by atoms with Crippen LogP contribution in [0.3, 0.4) is 0 Å². The van der Waals surface area contributed by atoms with Gasteiger partial charge in [-0.15, -0.1) is 0 Å². The van der Waals surface area contributed by atoms with E-state index in [1.165, 1.54) is 31.7 Å². The maximum absolute atomic E-state index is 10.9. The van der Waals surface area contributed by atoms with E-state index in [4.69, 9.17) is 4.99 Å². The summed E-state index contributed by atoms with van der Waals surface area (Å²) < 4.78 is 0. The zero-order valence-electron chi connectivity index (χ0n) is 14.8. The van der Waals surface area contributed by atoms with Crippen molar-refractivity contribution < 1.29 is 4.92 Å². The van der Waals surface area contributed by atoms with E-state index in [0.717, 1.165) is 48.6 Å². The Hall–Kier alpha value is -2.17. The van der Waals surface area contributed by atoms with Crippen LogP contribution in [-0.4, -0.2) is 28.7 Å². The van der Waals surface area contributed by atoms with Crippen LogP contribution in [0.25, 0.3) is 0 Å². The van der Waals surface area contributed by atoms with Gasteiger partial charge in [0.1, 0.15) is 5.84 Å². The molecule has 24 heavy (non-hydrogen) atoms. The lowest BCUT2D eigenvalue weighted by molar-refractivity contribution is -0.384. The number of amidine groups is 1. The van der Waals surface area contributed by atoms with Crippen LogP contribution in [0, 0.1) is 17.0 Å². The van der Waals surface area contributed by atoms with Crippen LogP contribution < -0.4 is 0 Å². The van der Waals surface area contributed by atoms with Gasteiger partial charge in [0.05, 0.1) is 10.6 Å². The first-order valence-corrected chi connectivity index (χ1v) is 8.69. The molecule has 1 aliphatic heterocycles. The van der Waals surface area contributed by atoms with Gasteiger partial charge in [-0.25, -0.2) is 4.99 Å². The third-order valence-corrected chi connectivity index (χ3v) is 4.29. The number of non-ortho nitro benzene ring substituents is 1. The van der Waals surface area contributed by atoms with Crippen molar-refractivity contribution in [3.8, 4) is 0 Å². The molecule has 0 saturated carbocycles. The molecule has 0 amide bonds. The highest BCUT2D eigenvalue weighted by Gasteiger charge is 2.15. The average Bonchev–Trinajstić information content (AvgIpc) is 2.62. The van der Waals surface area contributed by atoms with E-state index in [1.54, 1.807) is 12.1 Å². The fraction of sp³-hybridized carbons (Fsp3) is 0.526. The number of hydrogen-bond acceptors (Lipinski definition) is 3. The zero-order valence-corrected chi connectivity index (χ0v) is 14.8. The molecule has 130 valence electrons. The standard InChI is InChI=1S/C19H27N3O2/c1-15(2)14-21-12-8-6-4-5-7-9-19(21)20-18-11-10-17(22(23)24)13-16(18)3/h10-11,13H,1,4-9,12,14H2,2-3H3. The minimum atomic E-state index is -0.364. The smallest absolute Gasteiger partial charge is 0.269 e. The van der Waals surface area contributed by atoms with E-state index in [2.05, 4.69) is 11.5 Å². The van der Waals surface area contributed by atoms with Gasteiger partial charge in [-0.3, -0.25) is 10.1 Å². The number of nitro benzene ring substituents is 1. The van der Waals surface area contributed by atoms with Crippen molar-refractivity contribution in [1.29, 1.82) is 0 Å². The molecule has 0 atom stereocenters. The second-order valence-electron chi connectivity index (χ2n) is 6.65. The van der Waals surface area contributed by atoms with Crippen LogP contribution in [0.5, 0.6) is 0 Å². The van der Waals surface area contributed by atoms with Crippen molar-refractivity contribution in [3.05, 3.63) is 46.0 Å². The summed E-state index contributed by atoms with van der Waals surface area (Å²) in [5.41, 5.74) is 2.90. The maximum Gasteiger partial charge on any atom is 0.269 e. The lowest BCUT2D eigenvalue weighted by atomic mass is 10.1. The molecule has 5 heteroatoms. The second-order valence-corrected chi connectivity index (χ2v) is 6.65. The number of aliphatic imine (C=N–C) groups is 1. The Labute approximate surface area is 144 Å². The van der Waals surface area contributed by atoms with Crippen LogP contribution in [-0.2, 0) is 0 Å². The fourth-order valence-corrected chi connectivity index (χ4v) is 3.04. The molecule has 0 N–H and O–H groups in total. The molecule has 1 heterocycles. The van der Waals surface area contributed by atoms with Crippen LogP contribution >= 0.6 is 0 Å². The van der Waals surface area contributed by atoms with Crippen molar-refractivity contribution in [2.45, 2.75) is 52.4 Å². The van der Waals surface area contributed by atoms with Gasteiger partial charge in [-0.1, -0.05) is 31.4 Å². The number of hydrogen-bond donors (Lipinski definition) is 0. The van der Waals surface area contributed by atoms with Gasteiger partial charge in [0.2, 0.25) is 0 Å². The molecule has 0 radical (unpaired) electrons. The number of rotatable bonds is 4. The summed E-state index contributed by atoms with van der Waals surface area (Å²) in [5.74, 6) is 1.08. The summed E-state index contributed by atoms with van der Waals surface area (Å²) in [7, 11) is 0. The zero-order chi connectivity index (χ0) is 17.5. The van der Waals surface area contributed by atoms with E-state index in [9.17, 15) is 10.1 Å². The van der Waals surface area contributed by atoms with E-state index in [0.29, 0.717) is 0 Å². The monoisotopic (exact) mass is 329 g/mol. The molecule has 0 spiro atoms. The third-order valence-electron chi connectivity index (χ3n) is 4.29. The van der Waals surface area contributed by atoms with Crippen molar-refractivity contribution >= 4 is 17.2 Å². The fourth-order valence-electron chi connectivity index (χ4n) is 3.04. The molecule has 0 aromatic heterocycles. The Balaban J connectivity index is 2.32. The molecule has 0 bridgehead atoms. The van der Waals surface area contributed by atoms with Crippen molar-refractivity contribution in [3.63, 3.8) is 0 Å². The molecule has 1 aromatic rings. The average molecular weight is 329 g/mol. The van der Waals surface area contributed by atoms with Gasteiger partial charge < -0.3 is 4.90 Å². The molecule has 1 aromatic carbocycles. The number of nitro groups is 1. The van der Waals surface area contributed by atoms with Gasteiger partial charge >= 0.3 is 0 Å². The Morgan fingerprint density at radius 3 is 2.67 bits per heavy atom. The van der Waals surface area contributed by atoms with Crippen LogP contribution in [0.4, 0.5) is 11.4 Å². The molecule has 2 rings (SSSR count). The van der Waals surface area contributed by atoms with Crippen LogP contribution in [0.2, 0.25) is 0 Å². The molecular weight excluding hydrogens is 302 g/mol. The Morgan fingerprint density at radius 2 is 2.00 bits per heavy atom. The predicted octanol–water partition coefficient (Wildman–Crippen LogP) is 5.17. The van der Waals surface area contributed by atoms with E-state index in [1.807, 2.05) is 13.8 Å². The number of nitrogens with zero attached hydrogens (tertiary/aromatic N) is 3. The number of benzene rings is 1. The molecule has 0 unspecified atom stereocenters. The highest BCUT2D eigenvalue weighted by atomic mass is 16.6. The van der Waals surface area contributed by atoms with E-state index >= 15 is 0 Å². The van der Waals surface area contributed by atoms with Crippen molar-refractivity contribution in [2.75, 3.05) is 13.1 Å². The van der Waals surface area contributed by atoms with Crippen LogP contribution in [0.15, 0.2) is 35.3 Å². The molecule has 1 aliphatic rings. The highest BCUT2D eigenvalue weighted by Crippen LogP contribution is 2.25. The summed E-state index contributed by atoms with van der Waals surface area (Å²) in [6.07, 6.45) is 7.03. The highest BCUT2D eigenvalue weighted by molar-refractivity contribution is 5.85. The Morgan fingerprint density at radius 1 is 1.29 bits per heavy atom. The quantitative estimate of drug-likeness (QED) is 0.435. The topological polar surface area (TPSA) is 58.7 Å². The first kappa shape index (κ1) is 18.2. The first-order chi connectivity index (χ1) is 11.5. The third kappa shape index (κ3) is 5.18. The Bertz CT molecular complexity index is 637. The molecular formula is C19H27N3O2. The minimum Gasteiger partial charge on any atom is -0.356 e. The van der Waals surface area contributed by atoms with E-state index in [-0.39, 0.29) is 10.6 Å². The van der Waals surface area contributed by atoms with Crippen molar-refractivity contribution in [2.24, 2.45) is 4.99 Å². The summed E-state index contributed by atoms with van der Waals surface area (Å²) in [4.78, 5) is 17.7. The normalized spacial score (nSPS) is 17.9. The molecule has 0 aliphatic carbocycles. The predicted molar refractivity (Wildman–Crippen MR) is 99.0 cm³/mol. The van der Waals surface area contributed by atoms with Gasteiger partial charge in [-0.2, -0.15) is 0 Å². The van der Waals surface area contributed by atoms with Gasteiger partial charge in [0, 0.05) is 31.6 Å². The summed E-state index contributed by atoms with van der Waals surface area (Å²) in [5, 5.41) is 10.9. The lowest BCUT2D eigenvalue weighted by Crippen LogP contribution is -2.33. The minimum absolute atomic E-state index is 0.115. The second kappa shape index (κ2) is 8.62. The van der Waals surface area contributed by atoms with Gasteiger partial charge in [0.15, 0.2) is 0 Å².